The van der Waals surface area contributed by atoms with E-state index in [2.05, 4.69) is 26.8 Å². The third-order valence-electron chi connectivity index (χ3n) is 7.00. The topological polar surface area (TPSA) is 131 Å². The van der Waals surface area contributed by atoms with Crippen LogP contribution in [0.1, 0.15) is 52.8 Å². The number of carbonyl (C=O) groups is 2. The molecule has 1 saturated carbocycles. The first-order valence-electron chi connectivity index (χ1n) is 12.3. The molecular weight excluding hydrogens is 468 g/mol. The molecule has 0 aromatic carbocycles. The molecule has 10 nitrogen and oxygen atoms in total. The van der Waals surface area contributed by atoms with Crippen molar-refractivity contribution in [2.75, 3.05) is 24.1 Å². The lowest BCUT2D eigenvalue weighted by Gasteiger charge is -2.13. The first-order valence-corrected chi connectivity index (χ1v) is 12.3. The van der Waals surface area contributed by atoms with E-state index >= 15 is 0 Å². The Morgan fingerprint density at radius 2 is 1.89 bits per heavy atom. The molecule has 1 unspecified atom stereocenters. The summed E-state index contributed by atoms with van der Waals surface area (Å²) in [5.74, 6) is 1.62. The highest BCUT2D eigenvalue weighted by Gasteiger charge is 2.30. The molecule has 0 spiro atoms. The number of hydrogen-bond donors (Lipinski definition) is 2. The molecule has 0 radical (unpaired) electrons. The number of amides is 2. The fourth-order valence-corrected chi connectivity index (χ4v) is 4.92. The third-order valence-corrected chi connectivity index (χ3v) is 7.00. The summed E-state index contributed by atoms with van der Waals surface area (Å²) in [7, 11) is 0. The maximum atomic E-state index is 12.8. The van der Waals surface area contributed by atoms with Gasteiger partial charge in [0.05, 0.1) is 11.2 Å². The van der Waals surface area contributed by atoms with Crippen molar-refractivity contribution in [2.45, 2.75) is 31.1 Å². The van der Waals surface area contributed by atoms with Gasteiger partial charge in [0.15, 0.2) is 0 Å². The molecule has 1 aliphatic carbocycles. The molecule has 1 saturated heterocycles. The fourth-order valence-electron chi connectivity index (χ4n) is 4.92. The zero-order chi connectivity index (χ0) is 25.5. The Hall–Kier alpha value is -4.60. The maximum Gasteiger partial charge on any atom is 0.275 e. The molecule has 2 fully saturated rings. The first-order chi connectivity index (χ1) is 18.0. The summed E-state index contributed by atoms with van der Waals surface area (Å²) in [5.41, 5.74) is 10.1. The summed E-state index contributed by atoms with van der Waals surface area (Å²) in [6.45, 7) is 4.80. The van der Waals surface area contributed by atoms with E-state index in [1.165, 1.54) is 24.5 Å². The van der Waals surface area contributed by atoms with Crippen molar-refractivity contribution in [3.8, 4) is 11.4 Å². The number of pyridine rings is 2. The number of nitrogen functional groups attached to an aromatic ring is 1. The predicted octanol–water partition coefficient (Wildman–Crippen LogP) is 3.40. The minimum absolute atomic E-state index is 0.0614. The number of nitrogens with one attached hydrogen (secondary N) is 1. The Labute approximate surface area is 213 Å². The maximum absolute atomic E-state index is 12.8. The van der Waals surface area contributed by atoms with Crippen molar-refractivity contribution < 1.29 is 9.59 Å². The molecule has 4 aromatic heterocycles. The lowest BCUT2D eigenvalue weighted by Crippen LogP contribution is -2.26. The second-order valence-electron chi connectivity index (χ2n) is 9.45. The minimum Gasteiger partial charge on any atom is -0.369 e. The van der Waals surface area contributed by atoms with E-state index in [1.54, 1.807) is 40.0 Å². The van der Waals surface area contributed by atoms with Crippen molar-refractivity contribution in [2.24, 2.45) is 0 Å². The van der Waals surface area contributed by atoms with Gasteiger partial charge in [-0.3, -0.25) is 19.0 Å². The standard InChI is InChI=1S/C27H26N8O2/c1-2-23(36)34-12-9-19(15-34)24-21-8-11-30-27(28)35(21)25(33-24)18-5-6-20(31-14-18)26(37)32-22-13-17(7-10-29-22)16-3-4-16/h2,5-8,10-11,13-14,16,19H,1,3-4,9,12,15H2,(H2,28,30)(H,29,32,37). The molecule has 1 aliphatic heterocycles. The molecule has 0 bridgehead atoms. The van der Waals surface area contributed by atoms with E-state index in [9.17, 15) is 9.59 Å². The Balaban J connectivity index is 1.27. The number of hydrogen-bond acceptors (Lipinski definition) is 7. The van der Waals surface area contributed by atoms with Crippen molar-refractivity contribution in [3.05, 3.63) is 78.5 Å². The van der Waals surface area contributed by atoms with Crippen LogP contribution < -0.4 is 11.1 Å². The number of aromatic nitrogens is 5. The number of nitrogens with two attached hydrogens (primary N) is 1. The molecule has 4 aromatic rings. The number of carbonyl (C=O) groups excluding carboxylic acids is 2. The van der Waals surface area contributed by atoms with Gasteiger partial charge in [-0.25, -0.2) is 15.0 Å². The third kappa shape index (κ3) is 4.31. The quantitative estimate of drug-likeness (QED) is 0.393. The lowest BCUT2D eigenvalue weighted by molar-refractivity contribution is -0.125. The van der Waals surface area contributed by atoms with Crippen LogP contribution in [-0.4, -0.2) is 54.1 Å². The molecule has 2 aliphatic rings. The molecule has 2 amide bonds. The fraction of sp³-hybridized carbons (Fsp3) is 0.259. The largest absolute Gasteiger partial charge is 0.369 e. The van der Waals surface area contributed by atoms with Gasteiger partial charge in [-0.2, -0.15) is 0 Å². The summed E-state index contributed by atoms with van der Waals surface area (Å²) in [5, 5.41) is 2.84. The molecule has 5 heterocycles. The van der Waals surface area contributed by atoms with Crippen LogP contribution >= 0.6 is 0 Å². The van der Waals surface area contributed by atoms with E-state index in [4.69, 9.17) is 10.7 Å². The van der Waals surface area contributed by atoms with E-state index in [-0.39, 0.29) is 23.4 Å². The highest BCUT2D eigenvalue weighted by molar-refractivity contribution is 6.02. The van der Waals surface area contributed by atoms with Crippen molar-refractivity contribution >= 4 is 29.1 Å². The van der Waals surface area contributed by atoms with Gasteiger partial charge in [-0.05, 0) is 67.2 Å². The summed E-state index contributed by atoms with van der Waals surface area (Å²) in [6, 6.07) is 9.24. The van der Waals surface area contributed by atoms with E-state index < -0.39 is 0 Å². The van der Waals surface area contributed by atoms with Gasteiger partial charge in [-0.15, -0.1) is 0 Å². The predicted molar refractivity (Wildman–Crippen MR) is 139 cm³/mol. The first kappa shape index (κ1) is 22.8. The minimum atomic E-state index is -0.334. The van der Waals surface area contributed by atoms with E-state index in [0.29, 0.717) is 42.2 Å². The number of fused-ring (bicyclic) bond motifs is 1. The van der Waals surface area contributed by atoms with Crippen LogP contribution in [0.5, 0.6) is 0 Å². The van der Waals surface area contributed by atoms with Crippen LogP contribution in [0.15, 0.2) is 61.6 Å². The number of nitrogens with zero attached hydrogens (tertiary/aromatic N) is 6. The summed E-state index contributed by atoms with van der Waals surface area (Å²) in [4.78, 5) is 44.5. The van der Waals surface area contributed by atoms with Gasteiger partial charge in [0.1, 0.15) is 17.3 Å². The number of anilines is 2. The zero-order valence-corrected chi connectivity index (χ0v) is 20.2. The molecule has 186 valence electrons. The summed E-state index contributed by atoms with van der Waals surface area (Å²) >= 11 is 0. The van der Waals surface area contributed by atoms with Crippen LogP contribution in [0.3, 0.4) is 0 Å². The number of rotatable bonds is 6. The molecule has 3 N–H and O–H groups in total. The molecule has 6 rings (SSSR count). The highest BCUT2D eigenvalue weighted by atomic mass is 16.2. The second kappa shape index (κ2) is 9.12. The second-order valence-corrected chi connectivity index (χ2v) is 9.45. The monoisotopic (exact) mass is 494 g/mol. The Kier molecular flexibility index (Phi) is 5.63. The Morgan fingerprint density at radius 1 is 1.05 bits per heavy atom. The van der Waals surface area contributed by atoms with Gasteiger partial charge in [0.2, 0.25) is 11.9 Å². The van der Waals surface area contributed by atoms with Crippen LogP contribution in [0, 0.1) is 0 Å². The number of imidazole rings is 1. The van der Waals surface area contributed by atoms with Crippen LogP contribution in [0.2, 0.25) is 0 Å². The molecule has 37 heavy (non-hydrogen) atoms. The van der Waals surface area contributed by atoms with Gasteiger partial charge >= 0.3 is 0 Å². The summed E-state index contributed by atoms with van der Waals surface area (Å²) in [6.07, 6.45) is 9.46. The van der Waals surface area contributed by atoms with Crippen molar-refractivity contribution in [3.63, 3.8) is 0 Å². The average molecular weight is 495 g/mol. The van der Waals surface area contributed by atoms with Gasteiger partial charge in [0.25, 0.3) is 5.91 Å². The smallest absolute Gasteiger partial charge is 0.275 e. The van der Waals surface area contributed by atoms with E-state index in [0.717, 1.165) is 17.6 Å². The van der Waals surface area contributed by atoms with Gasteiger partial charge in [-0.1, -0.05) is 6.58 Å². The summed E-state index contributed by atoms with van der Waals surface area (Å²) < 4.78 is 1.79. The van der Waals surface area contributed by atoms with Crippen LogP contribution in [0.25, 0.3) is 16.9 Å². The molecule has 1 atom stereocenters. The van der Waals surface area contributed by atoms with Crippen LogP contribution in [0.4, 0.5) is 11.8 Å². The Morgan fingerprint density at radius 3 is 2.65 bits per heavy atom. The molecular formula is C27H26N8O2. The van der Waals surface area contributed by atoms with Crippen molar-refractivity contribution in [1.29, 1.82) is 0 Å². The lowest BCUT2D eigenvalue weighted by atomic mass is 10.0. The van der Waals surface area contributed by atoms with Crippen LogP contribution in [-0.2, 0) is 4.79 Å². The molecule has 10 heteroatoms. The zero-order valence-electron chi connectivity index (χ0n) is 20.2. The van der Waals surface area contributed by atoms with Crippen molar-refractivity contribution in [1.82, 2.24) is 29.2 Å². The SMILES string of the molecule is C=CC(=O)N1CCC(c2nc(-c3ccc(C(=O)Nc4cc(C5CC5)ccn4)nc3)n3c(N)nccc23)C1. The Bertz CT molecular complexity index is 1520. The highest BCUT2D eigenvalue weighted by Crippen LogP contribution is 2.40. The van der Waals surface area contributed by atoms with Gasteiger partial charge in [0, 0.05) is 43.2 Å². The average Bonchev–Trinajstić information content (AvgIpc) is 3.53. The van der Waals surface area contributed by atoms with Gasteiger partial charge < -0.3 is 16.0 Å². The van der Waals surface area contributed by atoms with E-state index in [1.807, 2.05) is 18.2 Å². The number of likely N-dealkylation sites (tertiary alicyclic amines) is 1. The normalized spacial score (nSPS) is 17.2.